The molecule has 25 heavy (non-hydrogen) atoms. The maximum absolute atomic E-state index is 6.31. The predicted molar refractivity (Wildman–Crippen MR) is 94.2 cm³/mol. The summed E-state index contributed by atoms with van der Waals surface area (Å²) >= 11 is 6.31. The summed E-state index contributed by atoms with van der Waals surface area (Å²) in [5.41, 5.74) is 2.21. The first-order valence-corrected chi connectivity index (χ1v) is 8.97. The van der Waals surface area contributed by atoms with Crippen LogP contribution in [0.1, 0.15) is 30.2 Å². The average Bonchev–Trinajstić information content (AvgIpc) is 3.06. The molecule has 1 aromatic heterocycles. The van der Waals surface area contributed by atoms with Crippen LogP contribution >= 0.6 is 11.6 Å². The van der Waals surface area contributed by atoms with Gasteiger partial charge in [-0.2, -0.15) is 0 Å². The highest BCUT2D eigenvalue weighted by Crippen LogP contribution is 2.38. The van der Waals surface area contributed by atoms with Crippen molar-refractivity contribution in [1.29, 1.82) is 0 Å². The quantitative estimate of drug-likeness (QED) is 0.905. The van der Waals surface area contributed by atoms with Gasteiger partial charge in [-0.05, 0) is 30.5 Å². The van der Waals surface area contributed by atoms with Crippen LogP contribution in [-0.4, -0.2) is 35.4 Å². The van der Waals surface area contributed by atoms with E-state index in [1.54, 1.807) is 0 Å². The summed E-state index contributed by atoms with van der Waals surface area (Å²) in [6.45, 7) is 2.59. The highest BCUT2D eigenvalue weighted by molar-refractivity contribution is 6.32. The number of ether oxygens (including phenoxy) is 3. The average molecular weight is 364 g/mol. The molecule has 2 atom stereocenters. The van der Waals surface area contributed by atoms with E-state index in [9.17, 15) is 0 Å². The second kappa shape index (κ2) is 7.23. The van der Waals surface area contributed by atoms with Crippen LogP contribution < -0.4 is 14.8 Å². The number of aryl methyl sites for hydroxylation is 1. The van der Waals surface area contributed by atoms with Gasteiger partial charge in [0.25, 0.3) is 0 Å². The van der Waals surface area contributed by atoms with Crippen molar-refractivity contribution < 1.29 is 14.2 Å². The fourth-order valence-electron chi connectivity index (χ4n) is 3.39. The van der Waals surface area contributed by atoms with E-state index in [2.05, 4.69) is 10.3 Å². The molecule has 0 radical (unpaired) electrons. The fourth-order valence-corrected chi connectivity index (χ4v) is 3.68. The Hall–Kier alpha value is -1.76. The molecule has 3 heterocycles. The van der Waals surface area contributed by atoms with Gasteiger partial charge in [0.1, 0.15) is 19.3 Å². The van der Waals surface area contributed by atoms with Gasteiger partial charge in [0.05, 0.1) is 23.2 Å². The van der Waals surface area contributed by atoms with Gasteiger partial charge in [0.15, 0.2) is 11.5 Å². The molecular formula is C18H22ClN3O3. The topological polar surface area (TPSA) is 57.5 Å². The van der Waals surface area contributed by atoms with Gasteiger partial charge in [0, 0.05) is 26.2 Å². The second-order valence-corrected chi connectivity index (χ2v) is 6.90. The van der Waals surface area contributed by atoms with Crippen LogP contribution in [0.5, 0.6) is 11.5 Å². The lowest BCUT2D eigenvalue weighted by molar-refractivity contribution is -0.00404. The fraction of sp³-hybridized carbons (Fsp3) is 0.500. The van der Waals surface area contributed by atoms with Gasteiger partial charge in [-0.3, -0.25) is 0 Å². The van der Waals surface area contributed by atoms with Crippen molar-refractivity contribution in [3.8, 4) is 11.5 Å². The molecule has 1 N–H and O–H groups in total. The van der Waals surface area contributed by atoms with Gasteiger partial charge >= 0.3 is 0 Å². The third-order valence-corrected chi connectivity index (χ3v) is 5.00. The number of hydrogen-bond donors (Lipinski definition) is 1. The SMILES string of the molecule is Cn1cncc1[C@H]1C[C@@H](NCc2cc(Cl)c3c(c2)OCCO3)CCO1. The van der Waals surface area contributed by atoms with E-state index >= 15 is 0 Å². The van der Waals surface area contributed by atoms with E-state index in [1.165, 1.54) is 0 Å². The first-order valence-electron chi connectivity index (χ1n) is 8.60. The van der Waals surface area contributed by atoms with Crippen LogP contribution in [0.3, 0.4) is 0 Å². The number of rotatable bonds is 4. The lowest BCUT2D eigenvalue weighted by Crippen LogP contribution is -2.36. The van der Waals surface area contributed by atoms with E-state index in [0.29, 0.717) is 30.0 Å². The zero-order valence-electron chi connectivity index (χ0n) is 14.2. The van der Waals surface area contributed by atoms with Crippen molar-refractivity contribution >= 4 is 11.6 Å². The van der Waals surface area contributed by atoms with Crippen LogP contribution in [0.2, 0.25) is 5.02 Å². The molecule has 0 amide bonds. The lowest BCUT2D eigenvalue weighted by Gasteiger charge is -2.30. The van der Waals surface area contributed by atoms with Gasteiger partial charge in [0.2, 0.25) is 0 Å². The number of nitrogens with zero attached hydrogens (tertiary/aromatic N) is 2. The largest absolute Gasteiger partial charge is 0.486 e. The minimum absolute atomic E-state index is 0.0857. The van der Waals surface area contributed by atoms with Crippen molar-refractivity contribution in [3.05, 3.63) is 40.9 Å². The Labute approximate surface area is 152 Å². The first kappa shape index (κ1) is 16.7. The van der Waals surface area contributed by atoms with Crippen LogP contribution in [0, 0.1) is 0 Å². The van der Waals surface area contributed by atoms with Crippen molar-refractivity contribution in [2.45, 2.75) is 31.5 Å². The van der Waals surface area contributed by atoms with Gasteiger partial charge in [-0.1, -0.05) is 11.6 Å². The standard InChI is InChI=1S/C18H22ClN3O3/c1-22-11-20-10-15(22)16-8-13(2-3-23-16)21-9-12-6-14(19)18-17(7-12)24-4-5-25-18/h6-7,10-11,13,16,21H,2-5,8-9H2,1H3/t13-,16+/m0/s1. The molecule has 0 aliphatic carbocycles. The number of imidazole rings is 1. The molecule has 1 saturated heterocycles. The molecule has 0 spiro atoms. The van der Waals surface area contributed by atoms with Crippen molar-refractivity contribution in [1.82, 2.24) is 14.9 Å². The number of halogens is 1. The first-order chi connectivity index (χ1) is 12.2. The molecular weight excluding hydrogens is 342 g/mol. The summed E-state index contributed by atoms with van der Waals surface area (Å²) in [4.78, 5) is 4.19. The predicted octanol–water partition coefficient (Wildman–Crippen LogP) is 2.85. The van der Waals surface area contributed by atoms with E-state index in [1.807, 2.05) is 36.3 Å². The molecule has 0 saturated carbocycles. The Morgan fingerprint density at radius 2 is 2.16 bits per heavy atom. The molecule has 134 valence electrons. The highest BCUT2D eigenvalue weighted by Gasteiger charge is 2.25. The molecule has 0 bridgehead atoms. The number of nitrogens with one attached hydrogen (secondary N) is 1. The monoisotopic (exact) mass is 363 g/mol. The minimum Gasteiger partial charge on any atom is -0.486 e. The van der Waals surface area contributed by atoms with E-state index in [0.717, 1.165) is 43.0 Å². The van der Waals surface area contributed by atoms with Gasteiger partial charge in [-0.25, -0.2) is 4.98 Å². The smallest absolute Gasteiger partial charge is 0.179 e. The molecule has 2 aromatic rings. The van der Waals surface area contributed by atoms with E-state index in [4.69, 9.17) is 25.8 Å². The second-order valence-electron chi connectivity index (χ2n) is 6.49. The van der Waals surface area contributed by atoms with Crippen molar-refractivity contribution in [2.75, 3.05) is 19.8 Å². The summed E-state index contributed by atoms with van der Waals surface area (Å²) < 4.78 is 19.2. The summed E-state index contributed by atoms with van der Waals surface area (Å²) in [5.74, 6) is 1.38. The lowest BCUT2D eigenvalue weighted by atomic mass is 10.0. The van der Waals surface area contributed by atoms with E-state index < -0.39 is 0 Å². The summed E-state index contributed by atoms with van der Waals surface area (Å²) in [6.07, 6.45) is 5.70. The molecule has 7 heteroatoms. The molecule has 6 nitrogen and oxygen atoms in total. The summed E-state index contributed by atoms with van der Waals surface area (Å²) in [5, 5.41) is 4.22. The zero-order valence-corrected chi connectivity index (χ0v) is 15.0. The van der Waals surface area contributed by atoms with Crippen molar-refractivity contribution in [2.24, 2.45) is 7.05 Å². The molecule has 0 unspecified atom stereocenters. The number of hydrogen-bond acceptors (Lipinski definition) is 5. The maximum Gasteiger partial charge on any atom is 0.179 e. The number of fused-ring (bicyclic) bond motifs is 1. The Balaban J connectivity index is 1.40. The third-order valence-electron chi connectivity index (χ3n) is 4.72. The normalized spacial score (nSPS) is 22.8. The van der Waals surface area contributed by atoms with Gasteiger partial charge in [-0.15, -0.1) is 0 Å². The molecule has 2 aliphatic rings. The highest BCUT2D eigenvalue weighted by atomic mass is 35.5. The van der Waals surface area contributed by atoms with Crippen LogP contribution in [-0.2, 0) is 18.3 Å². The van der Waals surface area contributed by atoms with Crippen LogP contribution in [0.15, 0.2) is 24.7 Å². The Morgan fingerprint density at radius 1 is 1.28 bits per heavy atom. The Kier molecular flexibility index (Phi) is 4.83. The van der Waals surface area contributed by atoms with E-state index in [-0.39, 0.29) is 6.10 Å². The molecule has 1 aromatic carbocycles. The Bertz CT molecular complexity index is 749. The van der Waals surface area contributed by atoms with Crippen molar-refractivity contribution in [3.63, 3.8) is 0 Å². The van der Waals surface area contributed by atoms with Crippen LogP contribution in [0.4, 0.5) is 0 Å². The zero-order chi connectivity index (χ0) is 17.2. The third kappa shape index (κ3) is 3.61. The molecule has 1 fully saturated rings. The summed E-state index contributed by atoms with van der Waals surface area (Å²) in [7, 11) is 2.00. The maximum atomic E-state index is 6.31. The van der Waals surface area contributed by atoms with Gasteiger partial charge < -0.3 is 24.1 Å². The Morgan fingerprint density at radius 3 is 3.00 bits per heavy atom. The molecule has 4 rings (SSSR count). The number of benzene rings is 1. The summed E-state index contributed by atoms with van der Waals surface area (Å²) in [6, 6.07) is 4.34. The number of aromatic nitrogens is 2. The van der Waals surface area contributed by atoms with Crippen LogP contribution in [0.25, 0.3) is 0 Å². The minimum atomic E-state index is 0.0857. The molecule has 2 aliphatic heterocycles.